The first-order valence-corrected chi connectivity index (χ1v) is 6.62. The Balaban J connectivity index is 4.43. The molecule has 0 aromatic rings. The fourth-order valence-corrected chi connectivity index (χ4v) is 2.86. The lowest BCUT2D eigenvalue weighted by Gasteiger charge is -2.34. The second kappa shape index (κ2) is 7.31. The summed E-state index contributed by atoms with van der Waals surface area (Å²) in [6, 6.07) is 0. The Bertz CT molecular complexity index is 112. The molecule has 0 saturated carbocycles. The van der Waals surface area contributed by atoms with Crippen LogP contribution in [0, 0.1) is 23.7 Å². The number of rotatable bonds is 7. The van der Waals surface area contributed by atoms with Crippen molar-refractivity contribution in [3.05, 3.63) is 0 Å². The zero-order valence-electron chi connectivity index (χ0n) is 11.1. The van der Waals surface area contributed by atoms with Crippen molar-refractivity contribution in [1.82, 2.24) is 0 Å². The Hall–Kier alpha value is 0. The van der Waals surface area contributed by atoms with Crippen molar-refractivity contribution in [2.45, 2.75) is 67.2 Å². The highest BCUT2D eigenvalue weighted by atomic mass is 14.3. The van der Waals surface area contributed by atoms with Crippen LogP contribution >= 0.6 is 0 Å². The van der Waals surface area contributed by atoms with Gasteiger partial charge in [-0.2, -0.15) is 0 Å². The predicted octanol–water partition coefficient (Wildman–Crippen LogP) is 5.13. The molecule has 0 heteroatoms. The van der Waals surface area contributed by atoms with E-state index < -0.39 is 0 Å². The van der Waals surface area contributed by atoms with E-state index in [1.54, 1.807) is 0 Å². The summed E-state index contributed by atoms with van der Waals surface area (Å²) in [5.41, 5.74) is 0. The molecule has 0 aliphatic heterocycles. The van der Waals surface area contributed by atoms with Gasteiger partial charge in [-0.05, 0) is 23.7 Å². The maximum absolute atomic E-state index is 2.43. The third-order valence-corrected chi connectivity index (χ3v) is 4.24. The van der Waals surface area contributed by atoms with Gasteiger partial charge in [-0.3, -0.25) is 0 Å². The summed E-state index contributed by atoms with van der Waals surface area (Å²) in [6.45, 7) is 14.2. The van der Waals surface area contributed by atoms with Gasteiger partial charge in [-0.1, -0.05) is 67.2 Å². The standard InChI is InChI=1S/C14H30/c1-7-11(5)13(9-3)14(10-4)12(6)8-2/h11-14H,7-10H2,1-6H3. The van der Waals surface area contributed by atoms with Crippen LogP contribution in [-0.2, 0) is 0 Å². The summed E-state index contributed by atoms with van der Waals surface area (Å²) in [7, 11) is 0. The topological polar surface area (TPSA) is 0 Å². The van der Waals surface area contributed by atoms with Crippen molar-refractivity contribution >= 4 is 0 Å². The highest BCUT2D eigenvalue weighted by Crippen LogP contribution is 2.35. The maximum atomic E-state index is 2.43. The van der Waals surface area contributed by atoms with Gasteiger partial charge < -0.3 is 0 Å². The summed E-state index contributed by atoms with van der Waals surface area (Å²) in [5, 5.41) is 0. The summed E-state index contributed by atoms with van der Waals surface area (Å²) in [6.07, 6.45) is 5.40. The number of hydrogen-bond donors (Lipinski definition) is 0. The van der Waals surface area contributed by atoms with Crippen LogP contribution in [0.5, 0.6) is 0 Å². The second-order valence-electron chi connectivity index (χ2n) is 4.92. The van der Waals surface area contributed by atoms with Crippen LogP contribution in [0.2, 0.25) is 0 Å². The van der Waals surface area contributed by atoms with Gasteiger partial charge in [0.15, 0.2) is 0 Å². The lowest BCUT2D eigenvalue weighted by atomic mass is 9.72. The monoisotopic (exact) mass is 198 g/mol. The van der Waals surface area contributed by atoms with E-state index in [4.69, 9.17) is 0 Å². The summed E-state index contributed by atoms with van der Waals surface area (Å²) < 4.78 is 0. The SMILES string of the molecule is CCC(C)C(CC)C(CC)C(C)CC. The van der Waals surface area contributed by atoms with Crippen LogP contribution < -0.4 is 0 Å². The Morgan fingerprint density at radius 2 is 0.857 bits per heavy atom. The summed E-state index contributed by atoms with van der Waals surface area (Å²) in [5.74, 6) is 3.69. The van der Waals surface area contributed by atoms with Crippen LogP contribution in [0.3, 0.4) is 0 Å². The fraction of sp³-hybridized carbons (Fsp3) is 1.00. The minimum Gasteiger partial charge on any atom is -0.0651 e. The van der Waals surface area contributed by atoms with Gasteiger partial charge in [0.05, 0.1) is 0 Å². The first-order valence-electron chi connectivity index (χ1n) is 6.62. The molecule has 0 heterocycles. The molecular weight excluding hydrogens is 168 g/mol. The van der Waals surface area contributed by atoms with Gasteiger partial charge in [0.1, 0.15) is 0 Å². The maximum Gasteiger partial charge on any atom is -0.0360 e. The van der Waals surface area contributed by atoms with E-state index in [-0.39, 0.29) is 0 Å². The lowest BCUT2D eigenvalue weighted by molar-refractivity contribution is 0.159. The van der Waals surface area contributed by atoms with Gasteiger partial charge in [-0.25, -0.2) is 0 Å². The first-order chi connectivity index (χ1) is 6.62. The average Bonchev–Trinajstić information content (AvgIpc) is 2.23. The summed E-state index contributed by atoms with van der Waals surface area (Å²) >= 11 is 0. The van der Waals surface area contributed by atoms with E-state index in [2.05, 4.69) is 41.5 Å². The van der Waals surface area contributed by atoms with Crippen molar-refractivity contribution in [2.24, 2.45) is 23.7 Å². The van der Waals surface area contributed by atoms with Crippen LogP contribution in [0.25, 0.3) is 0 Å². The van der Waals surface area contributed by atoms with Gasteiger partial charge >= 0.3 is 0 Å². The molecular formula is C14H30. The Morgan fingerprint density at radius 1 is 0.571 bits per heavy atom. The van der Waals surface area contributed by atoms with Crippen LogP contribution in [0.4, 0.5) is 0 Å². The minimum absolute atomic E-state index is 0.902. The molecule has 0 radical (unpaired) electrons. The zero-order valence-corrected chi connectivity index (χ0v) is 11.1. The molecule has 0 aliphatic carbocycles. The van der Waals surface area contributed by atoms with E-state index in [1.807, 2.05) is 0 Å². The van der Waals surface area contributed by atoms with Crippen molar-refractivity contribution in [2.75, 3.05) is 0 Å². The molecule has 14 heavy (non-hydrogen) atoms. The molecule has 86 valence electrons. The molecule has 0 aromatic carbocycles. The molecule has 0 aliphatic rings. The Kier molecular flexibility index (Phi) is 7.31. The second-order valence-corrected chi connectivity index (χ2v) is 4.92. The van der Waals surface area contributed by atoms with E-state index in [1.165, 1.54) is 25.7 Å². The van der Waals surface area contributed by atoms with Crippen molar-refractivity contribution in [3.8, 4) is 0 Å². The minimum atomic E-state index is 0.902. The third-order valence-electron chi connectivity index (χ3n) is 4.24. The zero-order chi connectivity index (χ0) is 11.1. The van der Waals surface area contributed by atoms with E-state index in [0.717, 1.165) is 23.7 Å². The van der Waals surface area contributed by atoms with Gasteiger partial charge in [0.25, 0.3) is 0 Å². The average molecular weight is 198 g/mol. The first kappa shape index (κ1) is 14.0. The number of hydrogen-bond acceptors (Lipinski definition) is 0. The molecule has 4 atom stereocenters. The molecule has 0 saturated heterocycles. The largest absolute Gasteiger partial charge is 0.0651 e. The Labute approximate surface area is 91.5 Å². The highest BCUT2D eigenvalue weighted by molar-refractivity contribution is 4.76. The van der Waals surface area contributed by atoms with E-state index in [0.29, 0.717) is 0 Å². The molecule has 0 nitrogen and oxygen atoms in total. The highest BCUT2D eigenvalue weighted by Gasteiger charge is 2.26. The molecule has 0 bridgehead atoms. The molecule has 0 N–H and O–H groups in total. The predicted molar refractivity (Wildman–Crippen MR) is 66.5 cm³/mol. The molecule has 0 spiro atoms. The van der Waals surface area contributed by atoms with Gasteiger partial charge in [0, 0.05) is 0 Å². The molecule has 0 aromatic heterocycles. The Morgan fingerprint density at radius 3 is 1.00 bits per heavy atom. The molecule has 0 fully saturated rings. The van der Waals surface area contributed by atoms with Crippen molar-refractivity contribution < 1.29 is 0 Å². The van der Waals surface area contributed by atoms with E-state index in [9.17, 15) is 0 Å². The van der Waals surface area contributed by atoms with Gasteiger partial charge in [0.2, 0.25) is 0 Å². The van der Waals surface area contributed by atoms with Crippen LogP contribution in [0.15, 0.2) is 0 Å². The molecule has 0 amide bonds. The van der Waals surface area contributed by atoms with E-state index >= 15 is 0 Å². The van der Waals surface area contributed by atoms with Crippen LogP contribution in [0.1, 0.15) is 67.2 Å². The van der Waals surface area contributed by atoms with Crippen molar-refractivity contribution in [3.63, 3.8) is 0 Å². The van der Waals surface area contributed by atoms with Crippen molar-refractivity contribution in [1.29, 1.82) is 0 Å². The lowest BCUT2D eigenvalue weighted by Crippen LogP contribution is -2.25. The summed E-state index contributed by atoms with van der Waals surface area (Å²) in [4.78, 5) is 0. The molecule has 0 rings (SSSR count). The molecule has 4 unspecified atom stereocenters. The quantitative estimate of drug-likeness (QED) is 0.532. The fourth-order valence-electron chi connectivity index (χ4n) is 2.86. The van der Waals surface area contributed by atoms with Gasteiger partial charge in [-0.15, -0.1) is 0 Å². The third kappa shape index (κ3) is 3.63. The smallest absolute Gasteiger partial charge is 0.0360 e. The normalized spacial score (nSPS) is 20.1. The van der Waals surface area contributed by atoms with Crippen LogP contribution in [-0.4, -0.2) is 0 Å².